The third-order valence-corrected chi connectivity index (χ3v) is 8.28. The molecule has 174 valence electrons. The summed E-state index contributed by atoms with van der Waals surface area (Å²) in [5.74, 6) is 1.95. The van der Waals surface area contributed by atoms with Crippen LogP contribution in [0.3, 0.4) is 0 Å². The van der Waals surface area contributed by atoms with Crippen LogP contribution in [0.2, 0.25) is 0 Å². The summed E-state index contributed by atoms with van der Waals surface area (Å²) in [5.41, 5.74) is 2.25. The molecule has 1 fully saturated rings. The predicted octanol–water partition coefficient (Wildman–Crippen LogP) is 2.59. The zero-order valence-electron chi connectivity index (χ0n) is 18.4. The number of hydrogen-bond acceptors (Lipinski definition) is 6. The SMILES string of the molecule is COc1ccc(N2CCN(S(=O)(=O)CCCNC(=O)CSCc3ccccc3)CC2)cc1. The number of piperazine rings is 1. The number of hydrogen-bond donors (Lipinski definition) is 1. The van der Waals surface area contributed by atoms with Crippen LogP contribution in [0.4, 0.5) is 5.69 Å². The smallest absolute Gasteiger partial charge is 0.230 e. The van der Waals surface area contributed by atoms with Crippen molar-refractivity contribution in [1.29, 1.82) is 0 Å². The molecule has 9 heteroatoms. The van der Waals surface area contributed by atoms with Crippen molar-refractivity contribution >= 4 is 33.4 Å². The Bertz CT molecular complexity index is 945. The van der Waals surface area contributed by atoms with Crippen molar-refractivity contribution < 1.29 is 17.9 Å². The van der Waals surface area contributed by atoms with Crippen molar-refractivity contribution in [2.75, 3.05) is 56.2 Å². The molecular weight excluding hydrogens is 446 g/mol. The summed E-state index contributed by atoms with van der Waals surface area (Å²) in [5, 5.41) is 2.82. The van der Waals surface area contributed by atoms with Crippen molar-refractivity contribution in [2.24, 2.45) is 0 Å². The van der Waals surface area contributed by atoms with E-state index in [1.165, 1.54) is 5.56 Å². The van der Waals surface area contributed by atoms with E-state index in [-0.39, 0.29) is 11.7 Å². The minimum absolute atomic E-state index is 0.0486. The highest BCUT2D eigenvalue weighted by atomic mass is 32.2. The van der Waals surface area contributed by atoms with Gasteiger partial charge in [-0.15, -0.1) is 11.8 Å². The molecule has 1 aliphatic heterocycles. The fourth-order valence-corrected chi connectivity index (χ4v) is 5.82. The molecule has 1 aliphatic rings. The predicted molar refractivity (Wildman–Crippen MR) is 131 cm³/mol. The molecule has 0 spiro atoms. The van der Waals surface area contributed by atoms with Crippen LogP contribution in [0.1, 0.15) is 12.0 Å². The van der Waals surface area contributed by atoms with E-state index < -0.39 is 10.0 Å². The normalized spacial score (nSPS) is 14.8. The first-order chi connectivity index (χ1) is 15.5. The van der Waals surface area contributed by atoms with Crippen molar-refractivity contribution in [2.45, 2.75) is 12.2 Å². The van der Waals surface area contributed by atoms with E-state index in [2.05, 4.69) is 10.2 Å². The van der Waals surface area contributed by atoms with Crippen LogP contribution in [-0.2, 0) is 20.6 Å². The highest BCUT2D eigenvalue weighted by Crippen LogP contribution is 2.21. The van der Waals surface area contributed by atoms with Crippen LogP contribution in [0.25, 0.3) is 0 Å². The fraction of sp³-hybridized carbons (Fsp3) is 0.435. The number of carbonyl (C=O) groups is 1. The lowest BCUT2D eigenvalue weighted by atomic mass is 10.2. The lowest BCUT2D eigenvalue weighted by molar-refractivity contribution is -0.118. The van der Waals surface area contributed by atoms with Crippen LogP contribution in [0.15, 0.2) is 54.6 Å². The molecule has 3 rings (SSSR count). The summed E-state index contributed by atoms with van der Waals surface area (Å²) in [4.78, 5) is 14.1. The topological polar surface area (TPSA) is 79.0 Å². The van der Waals surface area contributed by atoms with Crippen LogP contribution in [-0.4, -0.2) is 70.0 Å². The number of thioether (sulfide) groups is 1. The van der Waals surface area contributed by atoms with E-state index in [4.69, 9.17) is 4.74 Å². The molecule has 0 saturated carbocycles. The number of methoxy groups -OCH3 is 1. The molecular formula is C23H31N3O4S2. The van der Waals surface area contributed by atoms with Gasteiger partial charge in [0.2, 0.25) is 15.9 Å². The Morgan fingerprint density at radius 3 is 2.38 bits per heavy atom. The van der Waals surface area contributed by atoms with Gasteiger partial charge in [0.25, 0.3) is 0 Å². The molecule has 32 heavy (non-hydrogen) atoms. The second kappa shape index (κ2) is 12.1. The molecule has 2 aromatic carbocycles. The van der Waals surface area contributed by atoms with E-state index in [0.717, 1.165) is 17.2 Å². The molecule has 1 amide bonds. The third-order valence-electron chi connectivity index (χ3n) is 5.32. The van der Waals surface area contributed by atoms with E-state index in [1.807, 2.05) is 54.6 Å². The van der Waals surface area contributed by atoms with Crippen molar-refractivity contribution in [3.8, 4) is 5.75 Å². The van der Waals surface area contributed by atoms with Gasteiger partial charge in [-0.2, -0.15) is 4.31 Å². The number of amides is 1. The zero-order chi connectivity index (χ0) is 22.8. The largest absolute Gasteiger partial charge is 0.497 e. The summed E-state index contributed by atoms with van der Waals surface area (Å²) in [7, 11) is -1.69. The Kier molecular flexibility index (Phi) is 9.25. The number of benzene rings is 2. The number of ether oxygens (including phenoxy) is 1. The van der Waals surface area contributed by atoms with Gasteiger partial charge < -0.3 is 15.0 Å². The number of nitrogens with zero attached hydrogens (tertiary/aromatic N) is 2. The highest BCUT2D eigenvalue weighted by molar-refractivity contribution is 7.99. The average molecular weight is 478 g/mol. The van der Waals surface area contributed by atoms with Crippen LogP contribution in [0, 0.1) is 0 Å². The van der Waals surface area contributed by atoms with Crippen molar-refractivity contribution in [1.82, 2.24) is 9.62 Å². The third kappa shape index (κ3) is 7.43. The molecule has 0 aromatic heterocycles. The minimum Gasteiger partial charge on any atom is -0.497 e. The fourth-order valence-electron chi connectivity index (χ4n) is 3.52. The zero-order valence-corrected chi connectivity index (χ0v) is 20.0. The van der Waals surface area contributed by atoms with E-state index in [0.29, 0.717) is 44.9 Å². The van der Waals surface area contributed by atoms with Gasteiger partial charge in [0, 0.05) is 44.2 Å². The standard InChI is InChI=1S/C23H31N3O4S2/c1-30-22-10-8-21(9-11-22)25-13-15-26(16-14-25)32(28,29)17-5-12-24-23(27)19-31-18-20-6-3-2-4-7-20/h2-4,6-11H,5,12-19H2,1H3,(H,24,27). The maximum atomic E-state index is 12.7. The monoisotopic (exact) mass is 477 g/mol. The van der Waals surface area contributed by atoms with E-state index in [1.54, 1.807) is 23.2 Å². The van der Waals surface area contributed by atoms with E-state index in [9.17, 15) is 13.2 Å². The van der Waals surface area contributed by atoms with E-state index >= 15 is 0 Å². The lowest BCUT2D eigenvalue weighted by Crippen LogP contribution is -2.49. The Balaban J connectivity index is 1.32. The maximum Gasteiger partial charge on any atom is 0.230 e. The Hall–Kier alpha value is -2.23. The summed E-state index contributed by atoms with van der Waals surface area (Å²) in [6, 6.07) is 17.8. The Labute approximate surface area is 195 Å². The van der Waals surface area contributed by atoms with Gasteiger partial charge in [-0.05, 0) is 36.2 Å². The van der Waals surface area contributed by atoms with Gasteiger partial charge in [0.1, 0.15) is 5.75 Å². The van der Waals surface area contributed by atoms with Gasteiger partial charge in [0.15, 0.2) is 0 Å². The second-order valence-electron chi connectivity index (χ2n) is 7.58. The first-order valence-electron chi connectivity index (χ1n) is 10.7. The molecule has 0 radical (unpaired) electrons. The summed E-state index contributed by atoms with van der Waals surface area (Å²) >= 11 is 1.55. The number of nitrogens with one attached hydrogen (secondary N) is 1. The molecule has 2 aromatic rings. The first-order valence-corrected chi connectivity index (χ1v) is 13.5. The number of rotatable bonds is 11. The van der Waals surface area contributed by atoms with Gasteiger partial charge in [-0.3, -0.25) is 4.79 Å². The molecule has 1 heterocycles. The minimum atomic E-state index is -3.32. The van der Waals surface area contributed by atoms with Gasteiger partial charge in [0.05, 0.1) is 18.6 Å². The van der Waals surface area contributed by atoms with Crippen LogP contribution in [0.5, 0.6) is 5.75 Å². The molecule has 7 nitrogen and oxygen atoms in total. The molecule has 0 atom stereocenters. The molecule has 1 saturated heterocycles. The molecule has 0 aliphatic carbocycles. The van der Waals surface area contributed by atoms with Crippen LogP contribution >= 0.6 is 11.8 Å². The molecule has 0 bridgehead atoms. The Morgan fingerprint density at radius 2 is 1.72 bits per heavy atom. The highest BCUT2D eigenvalue weighted by Gasteiger charge is 2.26. The lowest BCUT2D eigenvalue weighted by Gasteiger charge is -2.35. The van der Waals surface area contributed by atoms with Crippen molar-refractivity contribution in [3.63, 3.8) is 0 Å². The molecule has 0 unspecified atom stereocenters. The second-order valence-corrected chi connectivity index (χ2v) is 10.7. The summed E-state index contributed by atoms with van der Waals surface area (Å²) in [6.07, 6.45) is 0.413. The number of anilines is 1. The van der Waals surface area contributed by atoms with Crippen molar-refractivity contribution in [3.05, 3.63) is 60.2 Å². The number of carbonyl (C=O) groups excluding carboxylic acids is 1. The van der Waals surface area contributed by atoms with Gasteiger partial charge >= 0.3 is 0 Å². The maximum absolute atomic E-state index is 12.7. The summed E-state index contributed by atoms with van der Waals surface area (Å²) < 4.78 is 32.1. The van der Waals surface area contributed by atoms with Gasteiger partial charge in [-0.1, -0.05) is 30.3 Å². The average Bonchev–Trinajstić information content (AvgIpc) is 2.83. The quantitative estimate of drug-likeness (QED) is 0.501. The van der Waals surface area contributed by atoms with Crippen LogP contribution < -0.4 is 15.0 Å². The summed E-state index contributed by atoms with van der Waals surface area (Å²) in [6.45, 7) is 2.62. The molecule has 1 N–H and O–H groups in total. The number of sulfonamides is 1. The van der Waals surface area contributed by atoms with Gasteiger partial charge in [-0.25, -0.2) is 8.42 Å². The Morgan fingerprint density at radius 1 is 1.03 bits per heavy atom. The first kappa shape index (κ1) is 24.4.